The number of amides is 2. The van der Waals surface area contributed by atoms with Gasteiger partial charge in [0.05, 0.1) is 18.7 Å². The monoisotopic (exact) mass is 587 g/mol. The van der Waals surface area contributed by atoms with E-state index in [2.05, 4.69) is 5.32 Å². The van der Waals surface area contributed by atoms with Crippen LogP contribution in [0.4, 0.5) is 15.8 Å². The van der Waals surface area contributed by atoms with E-state index in [0.717, 1.165) is 42.6 Å². The smallest absolute Gasteiger partial charge is 0.265 e. The molecule has 2 heterocycles. The third-order valence-electron chi connectivity index (χ3n) is 8.62. The van der Waals surface area contributed by atoms with Gasteiger partial charge in [-0.1, -0.05) is 24.3 Å². The van der Waals surface area contributed by atoms with E-state index < -0.39 is 0 Å². The average molecular weight is 588 g/mol. The molecule has 1 N–H and O–H groups in total. The van der Waals surface area contributed by atoms with Crippen LogP contribution in [0.25, 0.3) is 11.1 Å². The van der Waals surface area contributed by atoms with Crippen LogP contribution in [-0.4, -0.2) is 64.9 Å². The quantitative estimate of drug-likeness (QED) is 0.331. The number of nitrogens with zero attached hydrogens (tertiary/aromatic N) is 2. The number of methoxy groups -OCH3 is 2. The van der Waals surface area contributed by atoms with Crippen molar-refractivity contribution in [3.05, 3.63) is 72.0 Å². The molecule has 2 aliphatic heterocycles. The van der Waals surface area contributed by atoms with Gasteiger partial charge in [0.2, 0.25) is 5.91 Å². The van der Waals surface area contributed by atoms with Crippen molar-refractivity contribution >= 4 is 23.2 Å². The van der Waals surface area contributed by atoms with Crippen molar-refractivity contribution in [2.24, 2.45) is 5.92 Å². The summed E-state index contributed by atoms with van der Waals surface area (Å²) in [6, 6.07) is 18.3. The molecule has 1 aliphatic carbocycles. The van der Waals surface area contributed by atoms with Crippen molar-refractivity contribution in [3.8, 4) is 22.6 Å². The molecular formula is C34H38FN3O5. The molecule has 226 valence electrons. The topological polar surface area (TPSA) is 80.3 Å². The van der Waals surface area contributed by atoms with Gasteiger partial charge in [-0.05, 0) is 85.7 Å². The molecule has 0 unspecified atom stereocenters. The number of hydrogen-bond acceptors (Lipinski definition) is 6. The van der Waals surface area contributed by atoms with Gasteiger partial charge in [0, 0.05) is 44.1 Å². The van der Waals surface area contributed by atoms with Crippen LogP contribution in [0, 0.1) is 11.7 Å². The molecular weight excluding hydrogens is 549 g/mol. The van der Waals surface area contributed by atoms with Crippen molar-refractivity contribution in [1.82, 2.24) is 5.32 Å². The van der Waals surface area contributed by atoms with Crippen molar-refractivity contribution in [2.45, 2.75) is 37.6 Å². The molecule has 3 aromatic rings. The average Bonchev–Trinajstić information content (AvgIpc) is 3.87. The summed E-state index contributed by atoms with van der Waals surface area (Å²) in [6.07, 6.45) is 3.31. The fourth-order valence-corrected chi connectivity index (χ4v) is 6.30. The van der Waals surface area contributed by atoms with Crippen molar-refractivity contribution in [3.63, 3.8) is 0 Å². The minimum Gasteiger partial charge on any atom is -0.497 e. The third kappa shape index (κ3) is 6.10. The van der Waals surface area contributed by atoms with Crippen LogP contribution in [0.1, 0.15) is 37.2 Å². The molecule has 3 aliphatic rings. The summed E-state index contributed by atoms with van der Waals surface area (Å²) in [6.45, 7) is 2.37. The Balaban J connectivity index is 1.33. The van der Waals surface area contributed by atoms with E-state index in [9.17, 15) is 14.0 Å². The predicted octanol–water partition coefficient (Wildman–Crippen LogP) is 5.15. The molecule has 0 radical (unpaired) electrons. The summed E-state index contributed by atoms with van der Waals surface area (Å²) in [5.41, 5.74) is 3.64. The highest BCUT2D eigenvalue weighted by atomic mass is 19.1. The number of nitrogens with one attached hydrogen (secondary N) is 1. The van der Waals surface area contributed by atoms with Gasteiger partial charge in [0.15, 0.2) is 6.61 Å². The van der Waals surface area contributed by atoms with Gasteiger partial charge >= 0.3 is 0 Å². The highest BCUT2D eigenvalue weighted by Crippen LogP contribution is 2.43. The van der Waals surface area contributed by atoms with E-state index in [1.807, 2.05) is 47.4 Å². The third-order valence-corrected chi connectivity index (χ3v) is 8.62. The van der Waals surface area contributed by atoms with E-state index in [-0.39, 0.29) is 42.1 Å². The zero-order valence-electron chi connectivity index (χ0n) is 24.7. The first-order valence-corrected chi connectivity index (χ1v) is 15.0. The number of hydrogen-bond donors (Lipinski definition) is 1. The predicted molar refractivity (Wildman–Crippen MR) is 163 cm³/mol. The number of rotatable bonds is 10. The fraction of sp³-hybridized carbons (Fsp3) is 0.412. The number of carbonyl (C=O) groups excluding carboxylic acids is 2. The Kier molecular flexibility index (Phi) is 8.63. The highest BCUT2D eigenvalue weighted by Gasteiger charge is 2.42. The molecule has 6 rings (SSSR count). The number of carbonyl (C=O) groups is 2. The standard InChI is InChI=1S/C34H38FN3O5/c1-41-15-5-14-37-31-19-25(10-11-32(31)43-21-33(37)39)38(24-8-9-24)34(40)29-20-36-13-12-27(29)22-16-23(18-26(17-22)42-2)28-6-3-4-7-30(28)35/h3-4,6-7,10-11,16-19,24,27,29,36H,5,8-9,12-15,20-21H2,1-2H3/t27-,29+/m1/s1. The summed E-state index contributed by atoms with van der Waals surface area (Å²) in [5.74, 6) is 0.496. The van der Waals surface area contributed by atoms with Gasteiger partial charge in [0.1, 0.15) is 17.3 Å². The number of halogens is 1. The van der Waals surface area contributed by atoms with Gasteiger partial charge in [-0.3, -0.25) is 9.59 Å². The molecule has 0 spiro atoms. The van der Waals surface area contributed by atoms with Crippen molar-refractivity contribution in [1.29, 1.82) is 0 Å². The van der Waals surface area contributed by atoms with E-state index >= 15 is 0 Å². The van der Waals surface area contributed by atoms with Crippen LogP contribution in [0.15, 0.2) is 60.7 Å². The Bertz CT molecular complexity index is 1490. The van der Waals surface area contributed by atoms with E-state index in [4.69, 9.17) is 14.2 Å². The SMILES string of the molecule is COCCCN1C(=O)COc2ccc(N(C(=O)[C@H]3CNCC[C@@H]3c3cc(OC)cc(-c4ccccc4F)c3)C3CC3)cc21. The first-order chi connectivity index (χ1) is 21.0. The first kappa shape index (κ1) is 29.1. The first-order valence-electron chi connectivity index (χ1n) is 15.0. The summed E-state index contributed by atoms with van der Waals surface area (Å²) < 4.78 is 31.4. The summed E-state index contributed by atoms with van der Waals surface area (Å²) in [5, 5.41) is 3.43. The van der Waals surface area contributed by atoms with Crippen LogP contribution < -0.4 is 24.6 Å². The maximum atomic E-state index is 14.8. The molecule has 8 nitrogen and oxygen atoms in total. The molecule has 2 fully saturated rings. The van der Waals surface area contributed by atoms with E-state index in [0.29, 0.717) is 48.9 Å². The second-order valence-electron chi connectivity index (χ2n) is 11.5. The molecule has 2 atom stereocenters. The Morgan fingerprint density at radius 1 is 1.09 bits per heavy atom. The Morgan fingerprint density at radius 3 is 2.70 bits per heavy atom. The van der Waals surface area contributed by atoms with Gasteiger partial charge in [-0.2, -0.15) is 0 Å². The number of anilines is 2. The van der Waals surface area contributed by atoms with Crippen LogP contribution in [0.2, 0.25) is 0 Å². The highest BCUT2D eigenvalue weighted by molar-refractivity contribution is 6.01. The maximum Gasteiger partial charge on any atom is 0.265 e. The maximum absolute atomic E-state index is 14.8. The largest absolute Gasteiger partial charge is 0.497 e. The van der Waals surface area contributed by atoms with Gasteiger partial charge in [-0.25, -0.2) is 4.39 Å². The van der Waals surface area contributed by atoms with Crippen molar-refractivity contribution in [2.75, 3.05) is 56.9 Å². The van der Waals surface area contributed by atoms with Gasteiger partial charge in [0.25, 0.3) is 5.91 Å². The van der Waals surface area contributed by atoms with E-state index in [1.165, 1.54) is 6.07 Å². The lowest BCUT2D eigenvalue weighted by Crippen LogP contribution is -2.47. The Morgan fingerprint density at radius 2 is 1.93 bits per heavy atom. The summed E-state index contributed by atoms with van der Waals surface area (Å²) >= 11 is 0. The molecule has 9 heteroatoms. The zero-order valence-corrected chi connectivity index (χ0v) is 24.7. The number of ether oxygens (including phenoxy) is 3. The fourth-order valence-electron chi connectivity index (χ4n) is 6.30. The van der Waals surface area contributed by atoms with Crippen LogP contribution in [0.5, 0.6) is 11.5 Å². The minimum absolute atomic E-state index is 0.00453. The minimum atomic E-state index is -0.332. The molecule has 1 saturated heterocycles. The molecule has 3 aromatic carbocycles. The number of piperidine rings is 1. The summed E-state index contributed by atoms with van der Waals surface area (Å²) in [4.78, 5) is 31.0. The molecule has 0 bridgehead atoms. The van der Waals surface area contributed by atoms with Crippen molar-refractivity contribution < 1.29 is 28.2 Å². The normalized spacial score (nSPS) is 19.9. The van der Waals surface area contributed by atoms with Crippen LogP contribution in [-0.2, 0) is 14.3 Å². The van der Waals surface area contributed by atoms with Crippen LogP contribution in [0.3, 0.4) is 0 Å². The molecule has 0 aromatic heterocycles. The molecule has 2 amide bonds. The second kappa shape index (κ2) is 12.7. The summed E-state index contributed by atoms with van der Waals surface area (Å²) in [7, 11) is 3.25. The van der Waals surface area contributed by atoms with Gasteiger partial charge < -0.3 is 29.3 Å². The Hall–Kier alpha value is -3.95. The second-order valence-corrected chi connectivity index (χ2v) is 11.5. The number of fused-ring (bicyclic) bond motifs is 1. The lowest BCUT2D eigenvalue weighted by Gasteiger charge is -2.37. The van der Waals surface area contributed by atoms with Crippen LogP contribution >= 0.6 is 0 Å². The van der Waals surface area contributed by atoms with Gasteiger partial charge in [-0.15, -0.1) is 0 Å². The van der Waals surface area contributed by atoms with E-state index in [1.54, 1.807) is 31.3 Å². The Labute approximate surface area is 251 Å². The lowest BCUT2D eigenvalue weighted by atomic mass is 9.79. The molecule has 1 saturated carbocycles. The number of benzene rings is 3. The zero-order chi connectivity index (χ0) is 29.9. The lowest BCUT2D eigenvalue weighted by molar-refractivity contribution is -0.123. The molecule has 43 heavy (non-hydrogen) atoms.